The fourth-order valence-electron chi connectivity index (χ4n) is 2.68. The number of ether oxygens (including phenoxy) is 1. The first-order chi connectivity index (χ1) is 12.1. The Morgan fingerprint density at radius 1 is 0.920 bits per heavy atom. The first-order valence-corrected chi connectivity index (χ1v) is 7.50. The number of carbonyl (C=O) groups is 1. The van der Waals surface area contributed by atoms with Crippen molar-refractivity contribution in [2.45, 2.75) is 0 Å². The summed E-state index contributed by atoms with van der Waals surface area (Å²) in [7, 11) is 0. The van der Waals surface area contributed by atoms with Crippen LogP contribution in [0.25, 0.3) is 21.9 Å². The van der Waals surface area contributed by atoms with Gasteiger partial charge in [0.1, 0.15) is 16.9 Å². The molecule has 0 bridgehead atoms. The summed E-state index contributed by atoms with van der Waals surface area (Å²) in [6.07, 6.45) is 0. The molecule has 6 nitrogen and oxygen atoms in total. The molecule has 1 heterocycles. The summed E-state index contributed by atoms with van der Waals surface area (Å²) in [6.45, 7) is 0. The van der Waals surface area contributed by atoms with Crippen LogP contribution in [0.5, 0.6) is 5.75 Å². The third kappa shape index (κ3) is 2.70. The van der Waals surface area contributed by atoms with Crippen molar-refractivity contribution in [3.8, 4) is 5.75 Å². The standard InChI is InChI=1S/C19H11NO5/c21-19(12-4-3-5-13(10-12)20(22)23)24-14-8-9-18-16(11-14)15-6-1-2-7-17(15)25-18/h1-11H. The second-order valence-electron chi connectivity index (χ2n) is 5.45. The lowest BCUT2D eigenvalue weighted by Crippen LogP contribution is -2.08. The van der Waals surface area contributed by atoms with E-state index in [1.165, 1.54) is 24.3 Å². The number of nitro benzene ring substituents is 1. The summed E-state index contributed by atoms with van der Waals surface area (Å²) >= 11 is 0. The smallest absolute Gasteiger partial charge is 0.343 e. The lowest BCUT2D eigenvalue weighted by atomic mass is 10.1. The first-order valence-electron chi connectivity index (χ1n) is 7.50. The van der Waals surface area contributed by atoms with Crippen molar-refractivity contribution in [3.05, 3.63) is 82.4 Å². The van der Waals surface area contributed by atoms with Crippen LogP contribution >= 0.6 is 0 Å². The number of para-hydroxylation sites is 1. The van der Waals surface area contributed by atoms with E-state index in [-0.39, 0.29) is 11.3 Å². The number of hydrogen-bond acceptors (Lipinski definition) is 5. The normalized spacial score (nSPS) is 10.9. The van der Waals surface area contributed by atoms with Crippen LogP contribution in [0.1, 0.15) is 10.4 Å². The van der Waals surface area contributed by atoms with Gasteiger partial charge in [0.15, 0.2) is 0 Å². The van der Waals surface area contributed by atoms with E-state index < -0.39 is 10.9 Å². The molecule has 4 rings (SSSR count). The number of hydrogen-bond donors (Lipinski definition) is 0. The van der Waals surface area contributed by atoms with Gasteiger partial charge in [-0.3, -0.25) is 10.1 Å². The van der Waals surface area contributed by atoms with Gasteiger partial charge in [-0.1, -0.05) is 24.3 Å². The van der Waals surface area contributed by atoms with Gasteiger partial charge in [0.2, 0.25) is 0 Å². The average Bonchev–Trinajstić information content (AvgIpc) is 3.00. The molecule has 1 aromatic heterocycles. The van der Waals surface area contributed by atoms with Gasteiger partial charge in [-0.2, -0.15) is 0 Å². The molecule has 0 atom stereocenters. The molecular weight excluding hydrogens is 322 g/mol. The predicted molar refractivity (Wildman–Crippen MR) is 91.8 cm³/mol. The molecule has 6 heteroatoms. The van der Waals surface area contributed by atoms with Gasteiger partial charge in [-0.15, -0.1) is 0 Å². The second-order valence-corrected chi connectivity index (χ2v) is 5.45. The fraction of sp³-hybridized carbons (Fsp3) is 0. The molecule has 122 valence electrons. The zero-order valence-electron chi connectivity index (χ0n) is 12.8. The van der Waals surface area contributed by atoms with E-state index in [4.69, 9.17) is 9.15 Å². The van der Waals surface area contributed by atoms with Crippen LogP contribution in [0.3, 0.4) is 0 Å². The van der Waals surface area contributed by atoms with Crippen LogP contribution in [0, 0.1) is 10.1 Å². The van der Waals surface area contributed by atoms with Crippen LogP contribution in [-0.2, 0) is 0 Å². The molecule has 3 aromatic carbocycles. The Morgan fingerprint density at radius 2 is 1.72 bits per heavy atom. The van der Waals surface area contributed by atoms with E-state index in [0.29, 0.717) is 11.3 Å². The Bertz CT molecular complexity index is 1130. The van der Waals surface area contributed by atoms with Crippen LogP contribution in [-0.4, -0.2) is 10.9 Å². The Labute approximate surface area is 141 Å². The summed E-state index contributed by atoms with van der Waals surface area (Å²) in [4.78, 5) is 22.5. The maximum atomic E-state index is 12.3. The molecule has 0 spiro atoms. The van der Waals surface area contributed by atoms with Crippen molar-refractivity contribution in [2.24, 2.45) is 0 Å². The molecule has 4 aromatic rings. The maximum Gasteiger partial charge on any atom is 0.343 e. The number of fused-ring (bicyclic) bond motifs is 3. The minimum Gasteiger partial charge on any atom is -0.456 e. The maximum absolute atomic E-state index is 12.3. The van der Waals surface area contributed by atoms with Crippen LogP contribution in [0.4, 0.5) is 5.69 Å². The van der Waals surface area contributed by atoms with E-state index in [0.717, 1.165) is 16.4 Å². The Morgan fingerprint density at radius 3 is 2.56 bits per heavy atom. The van der Waals surface area contributed by atoms with Crippen molar-refractivity contribution in [2.75, 3.05) is 0 Å². The molecule has 0 radical (unpaired) electrons. The lowest BCUT2D eigenvalue weighted by Gasteiger charge is -2.04. The number of nitro groups is 1. The Kier molecular flexibility index (Phi) is 3.43. The SMILES string of the molecule is O=C(Oc1ccc2oc3ccccc3c2c1)c1cccc([N+](=O)[O-])c1. The van der Waals surface area contributed by atoms with Crippen molar-refractivity contribution in [1.82, 2.24) is 0 Å². The zero-order chi connectivity index (χ0) is 17.4. The molecule has 0 saturated heterocycles. The van der Waals surface area contributed by atoms with Crippen molar-refractivity contribution >= 4 is 33.6 Å². The first kappa shape index (κ1) is 14.9. The molecule has 0 saturated carbocycles. The van der Waals surface area contributed by atoms with Crippen LogP contribution in [0.15, 0.2) is 71.1 Å². The van der Waals surface area contributed by atoms with Crippen molar-refractivity contribution < 1.29 is 18.9 Å². The summed E-state index contributed by atoms with van der Waals surface area (Å²) < 4.78 is 11.1. The highest BCUT2D eigenvalue weighted by Gasteiger charge is 2.14. The van der Waals surface area contributed by atoms with Crippen molar-refractivity contribution in [1.29, 1.82) is 0 Å². The number of carbonyl (C=O) groups excluding carboxylic acids is 1. The average molecular weight is 333 g/mol. The molecule has 0 N–H and O–H groups in total. The molecule has 0 unspecified atom stereocenters. The number of furan rings is 1. The largest absolute Gasteiger partial charge is 0.456 e. The predicted octanol–water partition coefficient (Wildman–Crippen LogP) is 4.71. The van der Waals surface area contributed by atoms with Gasteiger partial charge in [0.05, 0.1) is 10.5 Å². The minimum atomic E-state index is -0.657. The van der Waals surface area contributed by atoms with Gasteiger partial charge in [0, 0.05) is 22.9 Å². The summed E-state index contributed by atoms with van der Waals surface area (Å²) in [5.41, 5.74) is 1.40. The highest BCUT2D eigenvalue weighted by Crippen LogP contribution is 2.31. The molecule has 0 aliphatic heterocycles. The quantitative estimate of drug-likeness (QED) is 0.235. The fourth-order valence-corrected chi connectivity index (χ4v) is 2.68. The van der Waals surface area contributed by atoms with Gasteiger partial charge in [0.25, 0.3) is 5.69 Å². The highest BCUT2D eigenvalue weighted by molar-refractivity contribution is 6.05. The van der Waals surface area contributed by atoms with Crippen molar-refractivity contribution in [3.63, 3.8) is 0 Å². The monoisotopic (exact) mass is 333 g/mol. The third-order valence-corrected chi connectivity index (χ3v) is 3.85. The topological polar surface area (TPSA) is 82.6 Å². The lowest BCUT2D eigenvalue weighted by molar-refractivity contribution is -0.384. The zero-order valence-corrected chi connectivity index (χ0v) is 12.8. The number of nitrogens with zero attached hydrogens (tertiary/aromatic N) is 1. The molecular formula is C19H11NO5. The number of esters is 1. The van der Waals surface area contributed by atoms with Gasteiger partial charge >= 0.3 is 5.97 Å². The Balaban J connectivity index is 1.68. The van der Waals surface area contributed by atoms with E-state index in [9.17, 15) is 14.9 Å². The molecule has 0 fully saturated rings. The minimum absolute atomic E-state index is 0.117. The molecule has 0 aliphatic carbocycles. The summed E-state index contributed by atoms with van der Waals surface area (Å²) in [5, 5.41) is 12.6. The van der Waals surface area contributed by atoms with Crippen LogP contribution < -0.4 is 4.74 Å². The number of rotatable bonds is 3. The molecule has 0 amide bonds. The van der Waals surface area contributed by atoms with Gasteiger partial charge in [-0.25, -0.2) is 4.79 Å². The van der Waals surface area contributed by atoms with Gasteiger partial charge in [-0.05, 0) is 30.3 Å². The summed E-state index contributed by atoms with van der Waals surface area (Å²) in [5.74, 6) is -0.314. The molecule has 0 aliphatic rings. The van der Waals surface area contributed by atoms with E-state index >= 15 is 0 Å². The number of benzene rings is 3. The van der Waals surface area contributed by atoms with Gasteiger partial charge < -0.3 is 9.15 Å². The van der Waals surface area contributed by atoms with E-state index in [1.54, 1.807) is 18.2 Å². The summed E-state index contributed by atoms with van der Waals surface area (Å²) in [6, 6.07) is 18.1. The Hall–Kier alpha value is -3.67. The van der Waals surface area contributed by atoms with E-state index in [1.807, 2.05) is 24.3 Å². The highest BCUT2D eigenvalue weighted by atomic mass is 16.6. The second kappa shape index (κ2) is 5.76. The molecule has 25 heavy (non-hydrogen) atoms. The van der Waals surface area contributed by atoms with E-state index in [2.05, 4.69) is 0 Å². The third-order valence-electron chi connectivity index (χ3n) is 3.85. The van der Waals surface area contributed by atoms with Crippen LogP contribution in [0.2, 0.25) is 0 Å². The number of non-ortho nitro benzene ring substituents is 1.